The van der Waals surface area contributed by atoms with Crippen LogP contribution in [0, 0.1) is 0 Å². The lowest BCUT2D eigenvalue weighted by Crippen LogP contribution is -2.33. The summed E-state index contributed by atoms with van der Waals surface area (Å²) in [5.74, 6) is -0.128. The Bertz CT molecular complexity index is 1330. The molecule has 1 saturated carbocycles. The van der Waals surface area contributed by atoms with Gasteiger partial charge in [-0.2, -0.15) is 0 Å². The van der Waals surface area contributed by atoms with Crippen LogP contribution in [0.15, 0.2) is 77.7 Å². The standard InChI is InChI=1S/C26H27N3O5S/c1-28(21-12-14-23(34-2)15-13-21)35(32,33)24-5-3-4-20(16-24)26(31)29(22-10-11-22)17-18-6-8-19(9-7-18)25(27)30/h3-9,12-16,22H,10-11,17H2,1-2H3,(H2,27,30). The van der Waals surface area contributed by atoms with Crippen LogP contribution < -0.4 is 14.8 Å². The largest absolute Gasteiger partial charge is 0.497 e. The summed E-state index contributed by atoms with van der Waals surface area (Å²) in [5, 5.41) is 0. The Balaban J connectivity index is 1.57. The molecule has 0 radical (unpaired) electrons. The van der Waals surface area contributed by atoms with Gasteiger partial charge in [0, 0.05) is 30.8 Å². The molecule has 0 saturated heterocycles. The van der Waals surface area contributed by atoms with Gasteiger partial charge in [-0.05, 0) is 73.0 Å². The number of carbonyl (C=O) groups is 2. The normalized spacial score (nSPS) is 13.2. The van der Waals surface area contributed by atoms with Crippen LogP contribution in [0.3, 0.4) is 0 Å². The SMILES string of the molecule is COc1ccc(N(C)S(=O)(=O)c2cccc(C(=O)N(Cc3ccc(C(N)=O)cc3)C3CC3)c2)cc1. The van der Waals surface area contributed by atoms with E-state index in [0.717, 1.165) is 18.4 Å². The second kappa shape index (κ2) is 9.79. The van der Waals surface area contributed by atoms with Crippen LogP contribution >= 0.6 is 0 Å². The van der Waals surface area contributed by atoms with E-state index >= 15 is 0 Å². The number of nitrogens with two attached hydrogens (primary N) is 1. The van der Waals surface area contributed by atoms with Crippen LogP contribution in [0.2, 0.25) is 0 Å². The van der Waals surface area contributed by atoms with Crippen molar-refractivity contribution in [2.45, 2.75) is 30.3 Å². The van der Waals surface area contributed by atoms with Crippen molar-refractivity contribution in [2.24, 2.45) is 5.73 Å². The summed E-state index contributed by atoms with van der Waals surface area (Å²) in [6.45, 7) is 0.352. The summed E-state index contributed by atoms with van der Waals surface area (Å²) in [6.07, 6.45) is 1.78. The van der Waals surface area contributed by atoms with Crippen molar-refractivity contribution in [1.82, 2.24) is 4.90 Å². The number of rotatable bonds is 9. The fourth-order valence-electron chi connectivity index (χ4n) is 3.77. The molecular formula is C26H27N3O5S. The van der Waals surface area contributed by atoms with E-state index in [1.807, 2.05) is 0 Å². The Hall–Kier alpha value is -3.85. The summed E-state index contributed by atoms with van der Waals surface area (Å²) in [4.78, 5) is 26.5. The molecule has 3 aromatic rings. The van der Waals surface area contributed by atoms with E-state index in [9.17, 15) is 18.0 Å². The zero-order chi connectivity index (χ0) is 25.2. The predicted octanol–water partition coefficient (Wildman–Crippen LogP) is 3.42. The molecular weight excluding hydrogens is 466 g/mol. The number of amides is 2. The van der Waals surface area contributed by atoms with Crippen molar-refractivity contribution in [2.75, 3.05) is 18.5 Å². The van der Waals surface area contributed by atoms with Crippen molar-refractivity contribution < 1.29 is 22.7 Å². The van der Waals surface area contributed by atoms with Crippen molar-refractivity contribution in [3.8, 4) is 5.75 Å². The molecule has 0 atom stereocenters. The lowest BCUT2D eigenvalue weighted by Gasteiger charge is -2.24. The fraction of sp³-hybridized carbons (Fsp3) is 0.231. The van der Waals surface area contributed by atoms with Crippen molar-refractivity contribution in [1.29, 1.82) is 0 Å². The first kappa shape index (κ1) is 24.3. The highest BCUT2D eigenvalue weighted by molar-refractivity contribution is 7.92. The van der Waals surface area contributed by atoms with Gasteiger partial charge in [0.15, 0.2) is 0 Å². The number of carbonyl (C=O) groups excluding carboxylic acids is 2. The summed E-state index contributed by atoms with van der Waals surface area (Å²) in [7, 11) is -0.881. The Kier molecular flexibility index (Phi) is 6.79. The van der Waals surface area contributed by atoms with E-state index in [4.69, 9.17) is 10.5 Å². The van der Waals surface area contributed by atoms with Gasteiger partial charge in [0.2, 0.25) is 5.91 Å². The van der Waals surface area contributed by atoms with Gasteiger partial charge in [0.1, 0.15) is 5.75 Å². The van der Waals surface area contributed by atoms with Crippen molar-refractivity contribution >= 4 is 27.5 Å². The van der Waals surface area contributed by atoms with Crippen molar-refractivity contribution in [3.05, 3.63) is 89.5 Å². The van der Waals surface area contributed by atoms with Gasteiger partial charge >= 0.3 is 0 Å². The smallest absolute Gasteiger partial charge is 0.264 e. The fourth-order valence-corrected chi connectivity index (χ4v) is 5.01. The first-order valence-electron chi connectivity index (χ1n) is 11.1. The molecule has 0 spiro atoms. The third-order valence-electron chi connectivity index (χ3n) is 6.02. The molecule has 1 aliphatic rings. The quantitative estimate of drug-likeness (QED) is 0.491. The van der Waals surface area contributed by atoms with E-state index in [2.05, 4.69) is 0 Å². The Morgan fingerprint density at radius 2 is 1.63 bits per heavy atom. The Morgan fingerprint density at radius 3 is 2.20 bits per heavy atom. The minimum absolute atomic E-state index is 0.0308. The molecule has 182 valence electrons. The van der Waals surface area contributed by atoms with Crippen LogP contribution in [-0.4, -0.2) is 45.3 Å². The second-order valence-electron chi connectivity index (χ2n) is 8.42. The Morgan fingerprint density at radius 1 is 0.971 bits per heavy atom. The van der Waals surface area contributed by atoms with E-state index < -0.39 is 15.9 Å². The average molecular weight is 494 g/mol. The maximum atomic E-state index is 13.4. The third kappa shape index (κ3) is 5.30. The Labute approximate surface area is 205 Å². The first-order chi connectivity index (χ1) is 16.7. The summed E-state index contributed by atoms with van der Waals surface area (Å²) in [6, 6.07) is 19.7. The first-order valence-corrected chi connectivity index (χ1v) is 12.6. The minimum Gasteiger partial charge on any atom is -0.497 e. The predicted molar refractivity (Wildman–Crippen MR) is 133 cm³/mol. The van der Waals surface area contributed by atoms with E-state index in [1.165, 1.54) is 23.5 Å². The topological polar surface area (TPSA) is 110 Å². The maximum Gasteiger partial charge on any atom is 0.264 e. The zero-order valence-corrected chi connectivity index (χ0v) is 20.4. The summed E-state index contributed by atoms with van der Waals surface area (Å²) >= 11 is 0. The highest BCUT2D eigenvalue weighted by atomic mass is 32.2. The van der Waals surface area contributed by atoms with Gasteiger partial charge in [0.05, 0.1) is 17.7 Å². The average Bonchev–Trinajstić information content (AvgIpc) is 3.72. The molecule has 8 nitrogen and oxygen atoms in total. The third-order valence-corrected chi connectivity index (χ3v) is 7.80. The minimum atomic E-state index is -3.89. The number of methoxy groups -OCH3 is 1. The molecule has 2 N–H and O–H groups in total. The molecule has 1 fully saturated rings. The molecule has 4 rings (SSSR count). The second-order valence-corrected chi connectivity index (χ2v) is 10.4. The monoisotopic (exact) mass is 493 g/mol. The van der Waals surface area contributed by atoms with Gasteiger partial charge < -0.3 is 15.4 Å². The molecule has 35 heavy (non-hydrogen) atoms. The van der Waals surface area contributed by atoms with Crippen molar-refractivity contribution in [3.63, 3.8) is 0 Å². The van der Waals surface area contributed by atoms with Crippen LogP contribution in [0.5, 0.6) is 5.75 Å². The molecule has 0 aromatic heterocycles. The molecule has 1 aliphatic carbocycles. The summed E-state index contributed by atoms with van der Waals surface area (Å²) < 4.78 is 32.9. The number of sulfonamides is 1. The number of primary amides is 1. The number of nitrogens with zero attached hydrogens (tertiary/aromatic N) is 2. The number of anilines is 1. The highest BCUT2D eigenvalue weighted by Crippen LogP contribution is 2.31. The van der Waals surface area contributed by atoms with Crippen LogP contribution in [-0.2, 0) is 16.6 Å². The molecule has 0 unspecified atom stereocenters. The van der Waals surface area contributed by atoms with Gasteiger partial charge in [-0.15, -0.1) is 0 Å². The lowest BCUT2D eigenvalue weighted by molar-refractivity contribution is 0.0729. The molecule has 0 heterocycles. The lowest BCUT2D eigenvalue weighted by atomic mass is 10.1. The number of hydrogen-bond acceptors (Lipinski definition) is 5. The molecule has 9 heteroatoms. The van der Waals surface area contributed by atoms with Crippen LogP contribution in [0.4, 0.5) is 5.69 Å². The maximum absolute atomic E-state index is 13.4. The van der Waals surface area contributed by atoms with Crippen LogP contribution in [0.1, 0.15) is 39.1 Å². The van der Waals surface area contributed by atoms with Gasteiger partial charge in [0.25, 0.3) is 15.9 Å². The molecule has 3 aromatic carbocycles. The van der Waals surface area contributed by atoms with Crippen LogP contribution in [0.25, 0.3) is 0 Å². The summed E-state index contributed by atoms with van der Waals surface area (Å²) in [5.41, 5.74) is 7.34. The highest BCUT2D eigenvalue weighted by Gasteiger charge is 2.33. The molecule has 0 aliphatic heterocycles. The number of hydrogen-bond donors (Lipinski definition) is 1. The molecule has 0 bridgehead atoms. The van der Waals surface area contributed by atoms with Gasteiger partial charge in [-0.1, -0.05) is 18.2 Å². The number of benzene rings is 3. The zero-order valence-electron chi connectivity index (χ0n) is 19.5. The van der Waals surface area contributed by atoms with Gasteiger partial charge in [-0.3, -0.25) is 13.9 Å². The van der Waals surface area contributed by atoms with E-state index in [0.29, 0.717) is 29.1 Å². The number of ether oxygens (including phenoxy) is 1. The molecule has 2 amide bonds. The van der Waals surface area contributed by atoms with Gasteiger partial charge in [-0.25, -0.2) is 8.42 Å². The van der Waals surface area contributed by atoms with E-state index in [1.54, 1.807) is 72.7 Å². The van der Waals surface area contributed by atoms with E-state index in [-0.39, 0.29) is 16.8 Å².